The number of rotatable bonds is 4. The molecule has 3 nitrogen and oxygen atoms in total. The molecule has 0 saturated carbocycles. The molecule has 1 heterocycles. The molecule has 0 aromatic carbocycles. The minimum atomic E-state index is 0.114. The zero-order valence-corrected chi connectivity index (χ0v) is 11.0. The van der Waals surface area contributed by atoms with Crippen molar-refractivity contribution in [3.8, 4) is 0 Å². The molecular formula is C14H22N2O. The molecule has 0 aromatic heterocycles. The first-order chi connectivity index (χ1) is 8.08. The number of hydrogen-bond donors (Lipinski definition) is 1. The zero-order chi connectivity index (χ0) is 12.8. The summed E-state index contributed by atoms with van der Waals surface area (Å²) in [4.78, 5) is 14.1. The van der Waals surface area contributed by atoms with E-state index in [9.17, 15) is 4.79 Å². The van der Waals surface area contributed by atoms with Gasteiger partial charge in [-0.1, -0.05) is 24.3 Å². The molecule has 0 spiro atoms. The highest BCUT2D eigenvalue weighted by Crippen LogP contribution is 2.13. The standard InChI is InChI=1S/C14H22N2O/c1-5-12(7-6-11(2)3)14(17)16-9-8-13(10-16)15-4/h5-7,13,15H,2,8-10H2,1,3-4H3/b7-6-,12-5+. The summed E-state index contributed by atoms with van der Waals surface area (Å²) in [6, 6.07) is 0.433. The molecule has 1 atom stereocenters. The predicted octanol–water partition coefficient (Wildman–Crippen LogP) is 1.89. The van der Waals surface area contributed by atoms with Crippen molar-refractivity contribution in [2.75, 3.05) is 20.1 Å². The predicted molar refractivity (Wildman–Crippen MR) is 71.8 cm³/mol. The van der Waals surface area contributed by atoms with Gasteiger partial charge in [0.1, 0.15) is 0 Å². The summed E-state index contributed by atoms with van der Waals surface area (Å²) >= 11 is 0. The van der Waals surface area contributed by atoms with Crippen LogP contribution < -0.4 is 5.32 Å². The highest BCUT2D eigenvalue weighted by molar-refractivity contribution is 5.96. The fraction of sp³-hybridized carbons (Fsp3) is 0.500. The van der Waals surface area contributed by atoms with Gasteiger partial charge in [0.2, 0.25) is 0 Å². The molecule has 17 heavy (non-hydrogen) atoms. The lowest BCUT2D eigenvalue weighted by atomic mass is 10.1. The Balaban J connectivity index is 2.65. The van der Waals surface area contributed by atoms with Crippen molar-refractivity contribution in [2.45, 2.75) is 26.3 Å². The fourth-order valence-corrected chi connectivity index (χ4v) is 1.89. The topological polar surface area (TPSA) is 32.3 Å². The van der Waals surface area contributed by atoms with Gasteiger partial charge >= 0.3 is 0 Å². The lowest BCUT2D eigenvalue weighted by molar-refractivity contribution is -0.125. The molecule has 1 fully saturated rings. The summed E-state index contributed by atoms with van der Waals surface area (Å²) in [6.07, 6.45) is 6.61. The van der Waals surface area contributed by atoms with Gasteiger partial charge in [-0.25, -0.2) is 0 Å². The second kappa shape index (κ2) is 6.40. The molecule has 3 heteroatoms. The number of likely N-dealkylation sites (N-methyl/N-ethyl adjacent to an activating group) is 1. The van der Waals surface area contributed by atoms with Gasteiger partial charge in [0.05, 0.1) is 0 Å². The Bertz CT molecular complexity index is 355. The molecule has 0 radical (unpaired) electrons. The van der Waals surface area contributed by atoms with Crippen LogP contribution in [0.2, 0.25) is 0 Å². The Morgan fingerprint density at radius 3 is 2.65 bits per heavy atom. The van der Waals surface area contributed by atoms with Gasteiger partial charge in [0.25, 0.3) is 5.91 Å². The third kappa shape index (κ3) is 3.86. The van der Waals surface area contributed by atoms with Crippen LogP contribution in [0.4, 0.5) is 0 Å². The number of nitrogens with one attached hydrogen (secondary N) is 1. The maximum atomic E-state index is 12.2. The Kier molecular flexibility index (Phi) is 5.16. The van der Waals surface area contributed by atoms with E-state index < -0.39 is 0 Å². The number of carbonyl (C=O) groups excluding carboxylic acids is 1. The van der Waals surface area contributed by atoms with E-state index in [1.165, 1.54) is 0 Å². The van der Waals surface area contributed by atoms with Gasteiger partial charge < -0.3 is 10.2 Å². The Labute approximate surface area is 104 Å². The summed E-state index contributed by atoms with van der Waals surface area (Å²) in [7, 11) is 1.94. The van der Waals surface area contributed by atoms with Crippen molar-refractivity contribution in [3.05, 3.63) is 36.0 Å². The fourth-order valence-electron chi connectivity index (χ4n) is 1.89. The summed E-state index contributed by atoms with van der Waals surface area (Å²) in [6.45, 7) is 9.24. The van der Waals surface area contributed by atoms with Gasteiger partial charge in [-0.15, -0.1) is 0 Å². The van der Waals surface area contributed by atoms with E-state index in [1.807, 2.05) is 44.0 Å². The number of allylic oxidation sites excluding steroid dienone is 3. The molecule has 94 valence electrons. The van der Waals surface area contributed by atoms with Crippen molar-refractivity contribution < 1.29 is 4.79 Å². The average molecular weight is 234 g/mol. The van der Waals surface area contributed by atoms with E-state index in [0.717, 1.165) is 30.7 Å². The number of amides is 1. The summed E-state index contributed by atoms with van der Waals surface area (Å²) in [5.41, 5.74) is 1.69. The maximum Gasteiger partial charge on any atom is 0.253 e. The van der Waals surface area contributed by atoms with Crippen LogP contribution in [0, 0.1) is 0 Å². The first-order valence-corrected chi connectivity index (χ1v) is 6.05. The van der Waals surface area contributed by atoms with E-state index >= 15 is 0 Å². The molecule has 1 rings (SSSR count). The van der Waals surface area contributed by atoms with Crippen molar-refractivity contribution in [2.24, 2.45) is 0 Å². The minimum Gasteiger partial charge on any atom is -0.337 e. The van der Waals surface area contributed by atoms with E-state index in [4.69, 9.17) is 0 Å². The lowest BCUT2D eigenvalue weighted by Crippen LogP contribution is -2.33. The summed E-state index contributed by atoms with van der Waals surface area (Å²) < 4.78 is 0. The van der Waals surface area contributed by atoms with Crippen LogP contribution >= 0.6 is 0 Å². The third-order valence-corrected chi connectivity index (χ3v) is 2.99. The first kappa shape index (κ1) is 13.7. The Morgan fingerprint density at radius 2 is 2.18 bits per heavy atom. The van der Waals surface area contributed by atoms with Crippen LogP contribution in [-0.2, 0) is 4.79 Å². The monoisotopic (exact) mass is 234 g/mol. The maximum absolute atomic E-state index is 12.2. The van der Waals surface area contributed by atoms with Gasteiger partial charge in [0.15, 0.2) is 0 Å². The van der Waals surface area contributed by atoms with E-state index in [-0.39, 0.29) is 5.91 Å². The van der Waals surface area contributed by atoms with Crippen LogP contribution in [-0.4, -0.2) is 37.0 Å². The second-order valence-corrected chi connectivity index (χ2v) is 4.45. The molecule has 0 aliphatic carbocycles. The number of carbonyl (C=O) groups is 1. The largest absolute Gasteiger partial charge is 0.337 e. The minimum absolute atomic E-state index is 0.114. The molecular weight excluding hydrogens is 212 g/mol. The van der Waals surface area contributed by atoms with Gasteiger partial charge in [-0.05, 0) is 33.4 Å². The highest BCUT2D eigenvalue weighted by Gasteiger charge is 2.25. The number of likely N-dealkylation sites (tertiary alicyclic amines) is 1. The van der Waals surface area contributed by atoms with Crippen molar-refractivity contribution in [3.63, 3.8) is 0 Å². The lowest BCUT2D eigenvalue weighted by Gasteiger charge is -2.16. The molecule has 0 bridgehead atoms. The van der Waals surface area contributed by atoms with Crippen LogP contribution in [0.25, 0.3) is 0 Å². The highest BCUT2D eigenvalue weighted by atomic mass is 16.2. The van der Waals surface area contributed by atoms with Crippen molar-refractivity contribution >= 4 is 5.91 Å². The molecule has 1 aliphatic heterocycles. The average Bonchev–Trinajstić information content (AvgIpc) is 2.77. The molecule has 1 amide bonds. The van der Waals surface area contributed by atoms with E-state index in [1.54, 1.807) is 0 Å². The smallest absolute Gasteiger partial charge is 0.253 e. The van der Waals surface area contributed by atoms with Crippen LogP contribution in [0.15, 0.2) is 36.0 Å². The van der Waals surface area contributed by atoms with E-state index in [2.05, 4.69) is 11.9 Å². The summed E-state index contributed by atoms with van der Waals surface area (Å²) in [5, 5.41) is 3.21. The second-order valence-electron chi connectivity index (χ2n) is 4.45. The number of nitrogens with zero attached hydrogens (tertiary/aromatic N) is 1. The normalized spacial score (nSPS) is 21.2. The van der Waals surface area contributed by atoms with Gasteiger partial charge in [-0.3, -0.25) is 4.79 Å². The SMILES string of the molecule is C=C(C)/C=C\C(=C/C)C(=O)N1CCC(NC)C1. The Hall–Kier alpha value is -1.35. The zero-order valence-electron chi connectivity index (χ0n) is 11.0. The number of hydrogen-bond acceptors (Lipinski definition) is 2. The molecule has 1 aliphatic rings. The first-order valence-electron chi connectivity index (χ1n) is 6.05. The van der Waals surface area contributed by atoms with Crippen LogP contribution in [0.3, 0.4) is 0 Å². The third-order valence-electron chi connectivity index (χ3n) is 2.99. The molecule has 0 aromatic rings. The quantitative estimate of drug-likeness (QED) is 0.595. The van der Waals surface area contributed by atoms with Gasteiger partial charge in [-0.2, -0.15) is 0 Å². The molecule has 1 saturated heterocycles. The van der Waals surface area contributed by atoms with E-state index in [0.29, 0.717) is 6.04 Å². The van der Waals surface area contributed by atoms with Crippen LogP contribution in [0.1, 0.15) is 20.3 Å². The van der Waals surface area contributed by atoms with Gasteiger partial charge in [0, 0.05) is 24.7 Å². The summed E-state index contributed by atoms with van der Waals surface area (Å²) in [5.74, 6) is 0.114. The molecule has 1 N–H and O–H groups in total. The Morgan fingerprint density at radius 1 is 1.47 bits per heavy atom. The van der Waals surface area contributed by atoms with Crippen molar-refractivity contribution in [1.29, 1.82) is 0 Å². The van der Waals surface area contributed by atoms with Crippen molar-refractivity contribution in [1.82, 2.24) is 10.2 Å². The molecule has 1 unspecified atom stereocenters. The van der Waals surface area contributed by atoms with Crippen LogP contribution in [0.5, 0.6) is 0 Å².